The highest BCUT2D eigenvalue weighted by Crippen LogP contribution is 2.24. The predicted molar refractivity (Wildman–Crippen MR) is 85.5 cm³/mol. The maximum absolute atomic E-state index is 12.4. The summed E-state index contributed by atoms with van der Waals surface area (Å²) < 4.78 is 28.4. The van der Waals surface area contributed by atoms with E-state index >= 15 is 0 Å². The van der Waals surface area contributed by atoms with Crippen molar-refractivity contribution in [3.05, 3.63) is 33.7 Å². The number of alkyl halides is 1. The number of sulfonamides is 1. The third-order valence-electron chi connectivity index (χ3n) is 2.85. The molecule has 0 fully saturated rings. The molecule has 0 atom stereocenters. The Morgan fingerprint density at radius 2 is 2.19 bits per heavy atom. The molecule has 5 nitrogen and oxygen atoms in total. The van der Waals surface area contributed by atoms with Crippen LogP contribution >= 0.6 is 34.5 Å². The monoisotopic (exact) mass is 367 g/mol. The van der Waals surface area contributed by atoms with Gasteiger partial charge in [0.2, 0.25) is 10.0 Å². The fourth-order valence-electron chi connectivity index (χ4n) is 1.74. The molecule has 0 aromatic carbocycles. The predicted octanol–water partition coefficient (Wildman–Crippen LogP) is 3.05. The molecule has 2 heterocycles. The molecule has 0 N–H and O–H groups in total. The highest BCUT2D eigenvalue weighted by Gasteiger charge is 2.23. The van der Waals surface area contributed by atoms with E-state index in [9.17, 15) is 8.42 Å². The van der Waals surface area contributed by atoms with Crippen LogP contribution in [0, 0.1) is 0 Å². The molecule has 2 aromatic rings. The summed E-state index contributed by atoms with van der Waals surface area (Å²) in [6.45, 7) is 0.885. The van der Waals surface area contributed by atoms with Crippen LogP contribution in [-0.4, -0.2) is 35.4 Å². The maximum atomic E-state index is 12.4. The SMILES string of the molecule is CN(Cc1ccc(Cl)s1)S(=O)(=O)c1cnn(CCCCl)c1. The van der Waals surface area contributed by atoms with Crippen molar-refractivity contribution >= 4 is 44.6 Å². The van der Waals surface area contributed by atoms with Gasteiger partial charge in [-0.2, -0.15) is 9.40 Å². The molecule has 0 spiro atoms. The number of nitrogens with zero attached hydrogens (tertiary/aromatic N) is 3. The molecule has 0 aliphatic rings. The van der Waals surface area contributed by atoms with Crippen LogP contribution in [0.3, 0.4) is 0 Å². The summed E-state index contributed by atoms with van der Waals surface area (Å²) in [5, 5.41) is 4.05. The lowest BCUT2D eigenvalue weighted by molar-refractivity contribution is 0.469. The first kappa shape index (κ1) is 16.8. The number of rotatable bonds is 7. The normalized spacial score (nSPS) is 12.2. The van der Waals surface area contributed by atoms with E-state index in [0.717, 1.165) is 11.3 Å². The minimum Gasteiger partial charge on any atom is -0.271 e. The highest BCUT2D eigenvalue weighted by atomic mass is 35.5. The number of hydrogen-bond acceptors (Lipinski definition) is 4. The van der Waals surface area contributed by atoms with Gasteiger partial charge in [0.25, 0.3) is 0 Å². The average Bonchev–Trinajstić information content (AvgIpc) is 3.06. The summed E-state index contributed by atoms with van der Waals surface area (Å²) >= 11 is 12.8. The molecular formula is C12H15Cl2N3O2S2. The van der Waals surface area contributed by atoms with E-state index in [1.807, 2.05) is 6.07 Å². The Labute approximate surface area is 138 Å². The molecule has 0 aliphatic carbocycles. The zero-order chi connectivity index (χ0) is 15.5. The standard InChI is InChI=1S/C12H15Cl2N3O2S2/c1-16(8-10-3-4-12(14)20-10)21(18,19)11-7-15-17(9-11)6-2-5-13/h3-4,7,9H,2,5-6,8H2,1H3. The van der Waals surface area contributed by atoms with Gasteiger partial charge in [0.15, 0.2) is 0 Å². The minimum atomic E-state index is -3.55. The molecule has 0 unspecified atom stereocenters. The Morgan fingerprint density at radius 1 is 1.43 bits per heavy atom. The van der Waals surface area contributed by atoms with Crippen molar-refractivity contribution < 1.29 is 8.42 Å². The van der Waals surface area contributed by atoms with Crippen molar-refractivity contribution in [2.75, 3.05) is 12.9 Å². The summed E-state index contributed by atoms with van der Waals surface area (Å²) in [4.78, 5) is 1.07. The van der Waals surface area contributed by atoms with Crippen molar-refractivity contribution in [1.29, 1.82) is 0 Å². The zero-order valence-electron chi connectivity index (χ0n) is 11.4. The zero-order valence-corrected chi connectivity index (χ0v) is 14.5. The second kappa shape index (κ2) is 7.11. The molecule has 116 valence electrons. The number of aryl methyl sites for hydroxylation is 1. The number of aromatic nitrogens is 2. The van der Waals surface area contributed by atoms with E-state index in [4.69, 9.17) is 23.2 Å². The van der Waals surface area contributed by atoms with E-state index < -0.39 is 10.0 Å². The topological polar surface area (TPSA) is 55.2 Å². The fourth-order valence-corrected chi connectivity index (χ4v) is 4.19. The maximum Gasteiger partial charge on any atom is 0.246 e. The number of halogens is 2. The van der Waals surface area contributed by atoms with Crippen molar-refractivity contribution in [3.8, 4) is 0 Å². The summed E-state index contributed by atoms with van der Waals surface area (Å²) in [7, 11) is -2.01. The Kier molecular flexibility index (Phi) is 5.67. The first-order chi connectivity index (χ1) is 9.93. The lowest BCUT2D eigenvalue weighted by Crippen LogP contribution is -2.25. The lowest BCUT2D eigenvalue weighted by atomic mass is 10.5. The van der Waals surface area contributed by atoms with Crippen LogP contribution < -0.4 is 0 Å². The van der Waals surface area contributed by atoms with Crippen LogP contribution in [0.15, 0.2) is 29.4 Å². The molecule has 0 saturated heterocycles. The van der Waals surface area contributed by atoms with Gasteiger partial charge in [-0.05, 0) is 18.6 Å². The van der Waals surface area contributed by atoms with Crippen LogP contribution in [0.1, 0.15) is 11.3 Å². The highest BCUT2D eigenvalue weighted by molar-refractivity contribution is 7.89. The molecule has 0 radical (unpaired) electrons. The van der Waals surface area contributed by atoms with Crippen molar-refractivity contribution in [3.63, 3.8) is 0 Å². The van der Waals surface area contributed by atoms with E-state index in [2.05, 4.69) is 5.10 Å². The minimum absolute atomic E-state index is 0.183. The van der Waals surface area contributed by atoms with E-state index in [1.165, 1.54) is 28.0 Å². The van der Waals surface area contributed by atoms with Gasteiger partial charge < -0.3 is 0 Å². The first-order valence-corrected chi connectivity index (χ1v) is 9.39. The third kappa shape index (κ3) is 4.20. The molecule has 0 amide bonds. The van der Waals surface area contributed by atoms with Crippen molar-refractivity contribution in [2.45, 2.75) is 24.4 Å². The van der Waals surface area contributed by atoms with Gasteiger partial charge in [-0.3, -0.25) is 4.68 Å². The Balaban J connectivity index is 2.11. The molecule has 2 aromatic heterocycles. The van der Waals surface area contributed by atoms with E-state index in [1.54, 1.807) is 17.8 Å². The summed E-state index contributed by atoms with van der Waals surface area (Å²) in [5.74, 6) is 0.515. The van der Waals surface area contributed by atoms with E-state index in [-0.39, 0.29) is 11.4 Å². The largest absolute Gasteiger partial charge is 0.271 e. The van der Waals surface area contributed by atoms with Crippen LogP contribution in [0.2, 0.25) is 4.34 Å². The molecule has 0 saturated carbocycles. The summed E-state index contributed by atoms with van der Waals surface area (Å²) in [6.07, 6.45) is 3.63. The quantitative estimate of drug-likeness (QED) is 0.706. The molecular weight excluding hydrogens is 353 g/mol. The molecule has 0 aliphatic heterocycles. The van der Waals surface area contributed by atoms with Crippen LogP contribution in [0.5, 0.6) is 0 Å². The number of thiophene rings is 1. The van der Waals surface area contributed by atoms with E-state index in [0.29, 0.717) is 16.8 Å². The van der Waals surface area contributed by atoms with Crippen LogP contribution in [-0.2, 0) is 23.1 Å². The molecule has 9 heteroatoms. The van der Waals surface area contributed by atoms with Gasteiger partial charge in [0.1, 0.15) is 4.90 Å². The lowest BCUT2D eigenvalue weighted by Gasteiger charge is -2.14. The summed E-state index contributed by atoms with van der Waals surface area (Å²) in [6, 6.07) is 3.58. The van der Waals surface area contributed by atoms with Gasteiger partial charge in [-0.25, -0.2) is 8.42 Å². The fraction of sp³-hybridized carbons (Fsp3) is 0.417. The Morgan fingerprint density at radius 3 is 2.81 bits per heavy atom. The van der Waals surface area contributed by atoms with Gasteiger partial charge in [-0.15, -0.1) is 22.9 Å². The molecule has 21 heavy (non-hydrogen) atoms. The van der Waals surface area contributed by atoms with Gasteiger partial charge in [0, 0.05) is 37.1 Å². The Bertz CT molecular complexity index is 697. The third-order valence-corrected chi connectivity index (χ3v) is 6.09. The summed E-state index contributed by atoms with van der Waals surface area (Å²) in [5.41, 5.74) is 0. The van der Waals surface area contributed by atoms with Crippen molar-refractivity contribution in [2.24, 2.45) is 0 Å². The van der Waals surface area contributed by atoms with Crippen LogP contribution in [0.4, 0.5) is 0 Å². The molecule has 2 rings (SSSR count). The first-order valence-electron chi connectivity index (χ1n) is 6.22. The smallest absolute Gasteiger partial charge is 0.246 e. The average molecular weight is 368 g/mol. The second-order valence-electron chi connectivity index (χ2n) is 4.45. The number of hydrogen-bond donors (Lipinski definition) is 0. The van der Waals surface area contributed by atoms with Gasteiger partial charge in [0.05, 0.1) is 10.5 Å². The Hall–Kier alpha value is -0.600. The van der Waals surface area contributed by atoms with Gasteiger partial charge >= 0.3 is 0 Å². The second-order valence-corrected chi connectivity index (χ2v) is 8.67. The van der Waals surface area contributed by atoms with Gasteiger partial charge in [-0.1, -0.05) is 11.6 Å². The molecule has 0 bridgehead atoms. The van der Waals surface area contributed by atoms with Crippen molar-refractivity contribution in [1.82, 2.24) is 14.1 Å². The van der Waals surface area contributed by atoms with Crippen LogP contribution in [0.25, 0.3) is 0 Å².